The van der Waals surface area contributed by atoms with Crippen molar-refractivity contribution in [3.05, 3.63) is 35.6 Å². The number of urea groups is 1. The van der Waals surface area contributed by atoms with E-state index >= 15 is 0 Å². The second-order valence-corrected chi connectivity index (χ2v) is 6.50. The van der Waals surface area contributed by atoms with E-state index in [2.05, 4.69) is 10.6 Å². The predicted molar refractivity (Wildman–Crippen MR) is 86.1 cm³/mol. The van der Waals surface area contributed by atoms with Crippen LogP contribution in [0, 0.1) is 5.82 Å². The monoisotopic (exact) mass is 324 g/mol. The number of imide groups is 1. The van der Waals surface area contributed by atoms with Crippen LogP contribution in [0.15, 0.2) is 24.3 Å². The molecule has 1 aromatic rings. The summed E-state index contributed by atoms with van der Waals surface area (Å²) in [5.74, 6) is 0.553. The maximum absolute atomic E-state index is 13.4. The first kappa shape index (κ1) is 16.8. The quantitative estimate of drug-likeness (QED) is 0.790. The average molecular weight is 324 g/mol. The highest BCUT2D eigenvalue weighted by Crippen LogP contribution is 2.17. The van der Waals surface area contributed by atoms with Gasteiger partial charge in [0.1, 0.15) is 5.82 Å². The summed E-state index contributed by atoms with van der Waals surface area (Å²) >= 11 is 1.48. The number of nitrogens with one attached hydrogen (secondary N) is 2. The summed E-state index contributed by atoms with van der Waals surface area (Å²) in [4.78, 5) is 23.3. The molecule has 1 saturated carbocycles. The van der Waals surface area contributed by atoms with Crippen LogP contribution in [0.3, 0.4) is 0 Å². The van der Waals surface area contributed by atoms with Crippen molar-refractivity contribution >= 4 is 23.7 Å². The molecule has 0 aromatic heterocycles. The Labute approximate surface area is 134 Å². The summed E-state index contributed by atoms with van der Waals surface area (Å²) in [6.45, 7) is 0. The largest absolute Gasteiger partial charge is 0.335 e. The highest BCUT2D eigenvalue weighted by Gasteiger charge is 2.17. The van der Waals surface area contributed by atoms with E-state index in [-0.39, 0.29) is 24.2 Å². The Morgan fingerprint density at radius 3 is 2.68 bits per heavy atom. The van der Waals surface area contributed by atoms with Gasteiger partial charge in [-0.1, -0.05) is 31.0 Å². The van der Waals surface area contributed by atoms with Crippen molar-refractivity contribution in [2.45, 2.75) is 43.9 Å². The smallest absolute Gasteiger partial charge is 0.321 e. The third-order valence-electron chi connectivity index (χ3n) is 3.63. The number of carbonyl (C=O) groups is 2. The lowest BCUT2D eigenvalue weighted by atomic mass is 10.2. The first-order chi connectivity index (χ1) is 10.6. The number of hydrogen-bond donors (Lipinski definition) is 2. The second-order valence-electron chi connectivity index (χ2n) is 5.40. The van der Waals surface area contributed by atoms with Gasteiger partial charge >= 0.3 is 6.03 Å². The Hall–Kier alpha value is -1.56. The summed E-state index contributed by atoms with van der Waals surface area (Å²) in [5.41, 5.74) is 0.631. The molecule has 6 heteroatoms. The molecule has 1 aliphatic rings. The molecular weight excluding hydrogens is 303 g/mol. The van der Waals surface area contributed by atoms with E-state index in [4.69, 9.17) is 0 Å². The highest BCUT2D eigenvalue weighted by atomic mass is 32.2. The molecule has 22 heavy (non-hydrogen) atoms. The fraction of sp³-hybridized carbons (Fsp3) is 0.500. The second kappa shape index (κ2) is 8.78. The molecule has 0 saturated heterocycles. The maximum atomic E-state index is 13.4. The topological polar surface area (TPSA) is 58.2 Å². The van der Waals surface area contributed by atoms with Crippen LogP contribution in [0.25, 0.3) is 0 Å². The third-order valence-corrected chi connectivity index (χ3v) is 4.64. The molecule has 3 amide bonds. The Balaban J connectivity index is 1.59. The molecule has 1 fully saturated rings. The molecule has 2 rings (SSSR count). The SMILES string of the molecule is O=C(CCSCc1ccccc1F)NC(=O)NC1CCCC1. The molecular formula is C16H21FN2O2S. The van der Waals surface area contributed by atoms with Gasteiger partial charge in [0.05, 0.1) is 0 Å². The number of hydrogen-bond acceptors (Lipinski definition) is 3. The zero-order valence-corrected chi connectivity index (χ0v) is 13.3. The van der Waals surface area contributed by atoms with Crippen molar-refractivity contribution < 1.29 is 14.0 Å². The number of amides is 3. The summed E-state index contributed by atoms with van der Waals surface area (Å²) < 4.78 is 13.4. The maximum Gasteiger partial charge on any atom is 0.321 e. The van der Waals surface area contributed by atoms with Crippen LogP contribution in [0.2, 0.25) is 0 Å². The van der Waals surface area contributed by atoms with Crippen molar-refractivity contribution in [3.63, 3.8) is 0 Å². The van der Waals surface area contributed by atoms with Gasteiger partial charge in [-0.05, 0) is 24.5 Å². The van der Waals surface area contributed by atoms with E-state index in [1.54, 1.807) is 18.2 Å². The molecule has 0 unspecified atom stereocenters. The van der Waals surface area contributed by atoms with E-state index in [1.807, 2.05) is 0 Å². The standard InChI is InChI=1S/C16H21FN2O2S/c17-14-8-4-1-5-12(14)11-22-10-9-15(20)19-16(21)18-13-6-2-3-7-13/h1,4-5,8,13H,2-3,6-7,9-11H2,(H2,18,19,20,21). The molecule has 0 spiro atoms. The lowest BCUT2D eigenvalue weighted by molar-refractivity contribution is -0.119. The van der Waals surface area contributed by atoms with E-state index in [1.165, 1.54) is 17.8 Å². The molecule has 0 aliphatic heterocycles. The minimum absolute atomic E-state index is 0.197. The van der Waals surface area contributed by atoms with Crippen molar-refractivity contribution in [2.24, 2.45) is 0 Å². The van der Waals surface area contributed by atoms with Gasteiger partial charge in [-0.25, -0.2) is 9.18 Å². The van der Waals surface area contributed by atoms with Crippen molar-refractivity contribution in [1.82, 2.24) is 10.6 Å². The first-order valence-electron chi connectivity index (χ1n) is 7.56. The van der Waals surface area contributed by atoms with Gasteiger partial charge in [0, 0.05) is 24.0 Å². The Kier molecular flexibility index (Phi) is 6.71. The first-order valence-corrected chi connectivity index (χ1v) is 8.72. The molecule has 0 atom stereocenters. The summed E-state index contributed by atoms with van der Waals surface area (Å²) in [6, 6.07) is 6.39. The van der Waals surface area contributed by atoms with Crippen LogP contribution in [0.5, 0.6) is 0 Å². The van der Waals surface area contributed by atoms with Crippen LogP contribution < -0.4 is 10.6 Å². The summed E-state index contributed by atoms with van der Waals surface area (Å²) in [6.07, 6.45) is 4.48. The average Bonchev–Trinajstić information content (AvgIpc) is 2.98. The van der Waals surface area contributed by atoms with Crippen LogP contribution in [-0.2, 0) is 10.5 Å². The fourth-order valence-electron chi connectivity index (χ4n) is 2.44. The van der Waals surface area contributed by atoms with E-state index in [0.29, 0.717) is 17.1 Å². The molecule has 2 N–H and O–H groups in total. The fourth-order valence-corrected chi connectivity index (χ4v) is 3.37. The van der Waals surface area contributed by atoms with Gasteiger partial charge in [-0.3, -0.25) is 10.1 Å². The van der Waals surface area contributed by atoms with Crippen LogP contribution in [-0.4, -0.2) is 23.7 Å². The molecule has 0 heterocycles. The minimum Gasteiger partial charge on any atom is -0.335 e. The van der Waals surface area contributed by atoms with Crippen molar-refractivity contribution in [1.29, 1.82) is 0 Å². The molecule has 1 aliphatic carbocycles. The van der Waals surface area contributed by atoms with Gasteiger partial charge in [0.15, 0.2) is 0 Å². The Morgan fingerprint density at radius 1 is 1.23 bits per heavy atom. The van der Waals surface area contributed by atoms with Gasteiger partial charge in [-0.2, -0.15) is 11.8 Å². The zero-order chi connectivity index (χ0) is 15.8. The summed E-state index contributed by atoms with van der Waals surface area (Å²) in [5, 5.41) is 5.15. The van der Waals surface area contributed by atoms with Crippen molar-refractivity contribution in [3.8, 4) is 0 Å². The Bertz CT molecular complexity index is 519. The minimum atomic E-state index is -0.406. The number of thioether (sulfide) groups is 1. The normalized spacial score (nSPS) is 14.8. The molecule has 0 radical (unpaired) electrons. The lowest BCUT2D eigenvalue weighted by Crippen LogP contribution is -2.43. The van der Waals surface area contributed by atoms with Crippen LogP contribution in [0.4, 0.5) is 9.18 Å². The van der Waals surface area contributed by atoms with Gasteiger partial charge < -0.3 is 5.32 Å². The lowest BCUT2D eigenvalue weighted by Gasteiger charge is -2.12. The number of rotatable bonds is 6. The predicted octanol–water partition coefficient (Wildman–Crippen LogP) is 3.22. The highest BCUT2D eigenvalue weighted by molar-refractivity contribution is 7.98. The van der Waals surface area contributed by atoms with Crippen LogP contribution in [0.1, 0.15) is 37.7 Å². The number of benzene rings is 1. The molecule has 1 aromatic carbocycles. The third kappa shape index (κ3) is 5.67. The van der Waals surface area contributed by atoms with E-state index < -0.39 is 6.03 Å². The Morgan fingerprint density at radius 2 is 1.95 bits per heavy atom. The zero-order valence-electron chi connectivity index (χ0n) is 12.4. The molecule has 4 nitrogen and oxygen atoms in total. The molecule has 0 bridgehead atoms. The van der Waals surface area contributed by atoms with Crippen LogP contribution >= 0.6 is 11.8 Å². The van der Waals surface area contributed by atoms with E-state index in [0.717, 1.165) is 25.7 Å². The number of carbonyl (C=O) groups excluding carboxylic acids is 2. The van der Waals surface area contributed by atoms with Crippen molar-refractivity contribution in [2.75, 3.05) is 5.75 Å². The number of halogens is 1. The van der Waals surface area contributed by atoms with Gasteiger partial charge in [0.2, 0.25) is 5.91 Å². The van der Waals surface area contributed by atoms with Gasteiger partial charge in [0.25, 0.3) is 0 Å². The van der Waals surface area contributed by atoms with E-state index in [9.17, 15) is 14.0 Å². The molecule has 120 valence electrons. The summed E-state index contributed by atoms with van der Waals surface area (Å²) in [7, 11) is 0. The van der Waals surface area contributed by atoms with Gasteiger partial charge in [-0.15, -0.1) is 0 Å².